The van der Waals surface area contributed by atoms with Crippen LogP contribution in [0.2, 0.25) is 0 Å². The topological polar surface area (TPSA) is 193 Å². The van der Waals surface area contributed by atoms with E-state index in [1.54, 1.807) is 22.9 Å². The van der Waals surface area contributed by atoms with Crippen molar-refractivity contribution in [2.45, 2.75) is 31.5 Å². The van der Waals surface area contributed by atoms with E-state index in [1.807, 2.05) is 0 Å². The van der Waals surface area contributed by atoms with Gasteiger partial charge in [-0.1, -0.05) is 11.8 Å². The van der Waals surface area contributed by atoms with Crippen LogP contribution in [0.5, 0.6) is 11.5 Å². The first-order valence-corrected chi connectivity index (χ1v) is 13.2. The molecule has 1 aliphatic carbocycles. The van der Waals surface area contributed by atoms with Crippen molar-refractivity contribution in [3.63, 3.8) is 0 Å². The van der Waals surface area contributed by atoms with Crippen LogP contribution in [0.1, 0.15) is 51.5 Å². The van der Waals surface area contributed by atoms with Gasteiger partial charge in [0.1, 0.15) is 17.2 Å². The number of benzene rings is 2. The summed E-state index contributed by atoms with van der Waals surface area (Å²) in [6, 6.07) is 6.10. The Morgan fingerprint density at radius 3 is 2.26 bits per heavy atom. The van der Waals surface area contributed by atoms with Crippen LogP contribution in [-0.2, 0) is 11.2 Å². The number of carboxylic acids is 2. The van der Waals surface area contributed by atoms with E-state index in [1.165, 1.54) is 26.5 Å². The quantitative estimate of drug-likeness (QED) is 0.177. The van der Waals surface area contributed by atoms with Gasteiger partial charge in [-0.15, -0.1) is 0 Å². The number of halogens is 4. The third kappa shape index (κ3) is 7.26. The number of aromatic nitrogens is 3. The Labute approximate surface area is 257 Å². The van der Waals surface area contributed by atoms with E-state index in [0.29, 0.717) is 34.6 Å². The molecule has 0 unspecified atom stereocenters. The lowest BCUT2D eigenvalue weighted by Crippen LogP contribution is -2.21. The van der Waals surface area contributed by atoms with Gasteiger partial charge in [0.2, 0.25) is 11.4 Å². The minimum Gasteiger partial charge on any atom is -0.493 e. The van der Waals surface area contributed by atoms with Crippen molar-refractivity contribution in [3.05, 3.63) is 80.5 Å². The minimum atomic E-state index is -5.08. The van der Waals surface area contributed by atoms with Crippen molar-refractivity contribution in [3.8, 4) is 23.3 Å². The second kappa shape index (κ2) is 13.0. The fourth-order valence-corrected chi connectivity index (χ4v) is 4.41. The summed E-state index contributed by atoms with van der Waals surface area (Å²) in [5, 5.41) is 16.6. The van der Waals surface area contributed by atoms with Crippen molar-refractivity contribution in [1.82, 2.24) is 14.5 Å². The van der Waals surface area contributed by atoms with Crippen LogP contribution in [0, 0.1) is 17.7 Å². The number of pyridine rings is 1. The molecule has 1 aliphatic rings. The fraction of sp³-hybridized carbons (Fsp3) is 0.233. The Morgan fingerprint density at radius 1 is 1.07 bits per heavy atom. The molecule has 0 atom stereocenters. The molecule has 12 nitrogen and oxygen atoms in total. The predicted molar refractivity (Wildman–Crippen MR) is 156 cm³/mol. The Morgan fingerprint density at radius 2 is 1.72 bits per heavy atom. The number of nitrogens with zero attached hydrogens (tertiary/aromatic N) is 3. The van der Waals surface area contributed by atoms with E-state index >= 15 is 4.39 Å². The number of carboxylic acid groups (broad SMARTS) is 2. The first-order chi connectivity index (χ1) is 21.6. The Hall–Kier alpha value is -5.85. The summed E-state index contributed by atoms with van der Waals surface area (Å²) >= 11 is 0. The number of fused-ring (bicyclic) bond motifs is 1. The molecule has 240 valence electrons. The molecule has 0 amide bonds. The van der Waals surface area contributed by atoms with Crippen molar-refractivity contribution in [2.24, 2.45) is 0 Å². The average Bonchev–Trinajstić information content (AvgIpc) is 3.83. The molecule has 0 aliphatic heterocycles. The van der Waals surface area contributed by atoms with Crippen LogP contribution < -0.4 is 26.4 Å². The maximum absolute atomic E-state index is 15.2. The number of methoxy groups -OCH3 is 2. The van der Waals surface area contributed by atoms with Crippen molar-refractivity contribution < 1.29 is 46.8 Å². The zero-order valence-electron chi connectivity index (χ0n) is 24.1. The smallest absolute Gasteiger partial charge is 0.490 e. The van der Waals surface area contributed by atoms with E-state index in [4.69, 9.17) is 30.8 Å². The Balaban J connectivity index is 0.000000617. The average molecular weight is 644 g/mol. The van der Waals surface area contributed by atoms with E-state index in [-0.39, 0.29) is 28.8 Å². The van der Waals surface area contributed by atoms with Gasteiger partial charge in [-0.2, -0.15) is 18.2 Å². The second-order valence-electron chi connectivity index (χ2n) is 9.91. The number of nitrogens with two attached hydrogens (primary N) is 2. The highest BCUT2D eigenvalue weighted by molar-refractivity contribution is 5.93. The SMILES string of the molecule is COc1cc(Cc2cnc(N)nc2N)cc(C#Cc2cc3c(cc2F)c(=O)c(C(=O)O)cn3C2CC2)c1OC.O=C(O)C(F)(F)F. The lowest BCUT2D eigenvalue weighted by molar-refractivity contribution is -0.192. The van der Waals surface area contributed by atoms with Crippen LogP contribution in [0.25, 0.3) is 10.9 Å². The highest BCUT2D eigenvalue weighted by atomic mass is 19.4. The molecule has 0 bridgehead atoms. The van der Waals surface area contributed by atoms with Crippen LogP contribution in [0.4, 0.5) is 29.3 Å². The maximum Gasteiger partial charge on any atom is 0.490 e. The van der Waals surface area contributed by atoms with Crippen molar-refractivity contribution in [1.29, 1.82) is 0 Å². The molecule has 0 radical (unpaired) electrons. The number of carbonyl (C=O) groups is 2. The Bertz CT molecular complexity index is 1980. The summed E-state index contributed by atoms with van der Waals surface area (Å²) in [4.78, 5) is 41.2. The van der Waals surface area contributed by atoms with E-state index in [2.05, 4.69) is 21.8 Å². The first kappa shape index (κ1) is 33.1. The van der Waals surface area contributed by atoms with Gasteiger partial charge in [-0.3, -0.25) is 4.79 Å². The second-order valence-corrected chi connectivity index (χ2v) is 9.91. The summed E-state index contributed by atoms with van der Waals surface area (Å²) in [6.07, 6.45) is -0.195. The number of aromatic carboxylic acids is 1. The van der Waals surface area contributed by atoms with Gasteiger partial charge in [0.25, 0.3) is 0 Å². The number of aliphatic carboxylic acids is 1. The molecular formula is C30H25F4N5O7. The lowest BCUT2D eigenvalue weighted by atomic mass is 10.0. The number of rotatable bonds is 6. The van der Waals surface area contributed by atoms with Gasteiger partial charge in [-0.25, -0.2) is 19.0 Å². The summed E-state index contributed by atoms with van der Waals surface area (Å²) in [5.74, 6) is 2.04. The van der Waals surface area contributed by atoms with Gasteiger partial charge >= 0.3 is 18.1 Å². The molecule has 46 heavy (non-hydrogen) atoms. The van der Waals surface area contributed by atoms with Gasteiger partial charge in [-0.05, 0) is 42.7 Å². The fourth-order valence-electron chi connectivity index (χ4n) is 4.41. The largest absolute Gasteiger partial charge is 0.493 e. The van der Waals surface area contributed by atoms with E-state index < -0.39 is 34.9 Å². The van der Waals surface area contributed by atoms with Crippen LogP contribution in [-0.4, -0.2) is 57.1 Å². The molecule has 2 aromatic heterocycles. The molecule has 1 saturated carbocycles. The van der Waals surface area contributed by atoms with E-state index in [9.17, 15) is 27.9 Å². The number of alkyl halides is 3. The zero-order chi connectivity index (χ0) is 33.9. The first-order valence-electron chi connectivity index (χ1n) is 13.2. The minimum absolute atomic E-state index is 0.00518. The number of nitrogen functional groups attached to an aromatic ring is 2. The van der Waals surface area contributed by atoms with Crippen molar-refractivity contribution >= 4 is 34.6 Å². The maximum atomic E-state index is 15.2. The van der Waals surface area contributed by atoms with Gasteiger partial charge in [0.05, 0.1) is 30.9 Å². The molecule has 2 aromatic carbocycles. The third-order valence-corrected chi connectivity index (χ3v) is 6.72. The highest BCUT2D eigenvalue weighted by Crippen LogP contribution is 2.37. The van der Waals surface area contributed by atoms with E-state index in [0.717, 1.165) is 24.5 Å². The van der Waals surface area contributed by atoms with Crippen LogP contribution >= 0.6 is 0 Å². The third-order valence-electron chi connectivity index (χ3n) is 6.72. The summed E-state index contributed by atoms with van der Waals surface area (Å²) in [6.45, 7) is 0. The summed E-state index contributed by atoms with van der Waals surface area (Å²) in [7, 11) is 2.96. The predicted octanol–water partition coefficient (Wildman–Crippen LogP) is 3.77. The van der Waals surface area contributed by atoms with Gasteiger partial charge < -0.3 is 35.7 Å². The molecule has 16 heteroatoms. The number of hydrogen-bond donors (Lipinski definition) is 4. The van der Waals surface area contributed by atoms with Gasteiger partial charge in [0.15, 0.2) is 11.5 Å². The highest BCUT2D eigenvalue weighted by Gasteiger charge is 2.38. The molecule has 2 heterocycles. The number of hydrogen-bond acceptors (Lipinski definition) is 9. The number of ether oxygens (including phenoxy) is 2. The van der Waals surface area contributed by atoms with Gasteiger partial charge in [0, 0.05) is 35.8 Å². The molecule has 0 spiro atoms. The van der Waals surface area contributed by atoms with Crippen LogP contribution in [0.15, 0.2) is 41.5 Å². The van der Waals surface area contributed by atoms with Crippen molar-refractivity contribution in [2.75, 3.05) is 25.7 Å². The molecular weight excluding hydrogens is 618 g/mol. The normalized spacial score (nSPS) is 12.4. The molecule has 5 rings (SSSR count). The molecule has 6 N–H and O–H groups in total. The molecule has 4 aromatic rings. The Kier molecular flexibility index (Phi) is 9.36. The zero-order valence-corrected chi connectivity index (χ0v) is 24.1. The number of anilines is 2. The lowest BCUT2D eigenvalue weighted by Gasteiger charge is -2.13. The molecule has 0 saturated heterocycles. The summed E-state index contributed by atoms with van der Waals surface area (Å²) in [5.41, 5.74) is 12.8. The standard InChI is InChI=1S/C28H24FN5O5.C2HF3O2/c1-38-23-9-14(8-17-12-32-28(31)33-26(17)30)7-16(25(23)39-2)4-3-15-10-22-19(11-21(15)29)24(35)20(27(36)37)13-34(22)18-5-6-18;3-2(4,5)1(6)7/h7,9-13,18H,5-6,8H2,1-2H3,(H,36,37)(H4,30,31,32,33);(H,6,7). The van der Waals surface area contributed by atoms with Crippen LogP contribution in [0.3, 0.4) is 0 Å². The monoisotopic (exact) mass is 643 g/mol. The summed E-state index contributed by atoms with van der Waals surface area (Å²) < 4.78 is 59.6. The molecule has 1 fully saturated rings.